The third-order valence-electron chi connectivity index (χ3n) is 5.82. The topological polar surface area (TPSA) is 76.2 Å². The van der Waals surface area contributed by atoms with Crippen molar-refractivity contribution >= 4 is 27.1 Å². The number of carbonyl (C=O) groups is 1. The zero-order valence-corrected chi connectivity index (χ0v) is 19.3. The highest BCUT2D eigenvalue weighted by atomic mass is 32.2. The number of para-hydroxylation sites is 1. The maximum Gasteiger partial charge on any atom is 0.267 e. The second kappa shape index (κ2) is 9.32. The van der Waals surface area contributed by atoms with Crippen molar-refractivity contribution in [3.63, 3.8) is 0 Å². The van der Waals surface area contributed by atoms with Gasteiger partial charge < -0.3 is 19.3 Å². The van der Waals surface area contributed by atoms with E-state index in [0.29, 0.717) is 44.3 Å². The highest BCUT2D eigenvalue weighted by Crippen LogP contribution is 2.40. The summed E-state index contributed by atoms with van der Waals surface area (Å²) in [5.41, 5.74) is 2.29. The minimum absolute atomic E-state index is 0.110. The fourth-order valence-corrected chi connectivity index (χ4v) is 5.55. The van der Waals surface area contributed by atoms with Gasteiger partial charge in [0.05, 0.1) is 23.8 Å². The Morgan fingerprint density at radius 2 is 1.56 bits per heavy atom. The van der Waals surface area contributed by atoms with Gasteiger partial charge in [-0.2, -0.15) is 0 Å². The molecule has 0 saturated carbocycles. The Labute approximate surface area is 198 Å². The van der Waals surface area contributed by atoms with Crippen LogP contribution in [-0.2, 0) is 26.0 Å². The Balaban J connectivity index is 1.46. The lowest BCUT2D eigenvalue weighted by molar-refractivity contribution is -0.130. The van der Waals surface area contributed by atoms with Gasteiger partial charge in [-0.1, -0.05) is 42.5 Å². The van der Waals surface area contributed by atoms with Crippen LogP contribution < -0.4 is 9.64 Å². The molecule has 7 nitrogen and oxygen atoms in total. The Kier molecular flexibility index (Phi) is 6.08. The second-order valence-electron chi connectivity index (χ2n) is 8.01. The molecular formula is C26H24N2O5S. The van der Waals surface area contributed by atoms with E-state index in [2.05, 4.69) is 0 Å². The van der Waals surface area contributed by atoms with Crippen LogP contribution in [0.3, 0.4) is 0 Å². The lowest BCUT2D eigenvalue weighted by Gasteiger charge is -2.32. The average molecular weight is 477 g/mol. The normalized spacial score (nSPS) is 17.0. The molecule has 3 aromatic rings. The predicted octanol–water partition coefficient (Wildman–Crippen LogP) is 3.89. The summed E-state index contributed by atoms with van der Waals surface area (Å²) in [5, 5.41) is 0. The van der Waals surface area contributed by atoms with Crippen molar-refractivity contribution in [2.24, 2.45) is 0 Å². The molecule has 0 spiro atoms. The molecule has 0 aliphatic carbocycles. The monoisotopic (exact) mass is 476 g/mol. The predicted molar refractivity (Wildman–Crippen MR) is 128 cm³/mol. The number of anilines is 2. The molecule has 2 aliphatic rings. The molecule has 3 aromatic carbocycles. The first-order valence-electron chi connectivity index (χ1n) is 11.0. The molecular weight excluding hydrogens is 452 g/mol. The maximum absolute atomic E-state index is 13.3. The molecule has 1 saturated heterocycles. The molecule has 0 unspecified atom stereocenters. The number of benzene rings is 3. The van der Waals surface area contributed by atoms with Crippen LogP contribution in [0, 0.1) is 0 Å². The first kappa shape index (κ1) is 22.2. The molecule has 0 atom stereocenters. The zero-order chi connectivity index (χ0) is 23.5. The van der Waals surface area contributed by atoms with Gasteiger partial charge in [0.1, 0.15) is 12.4 Å². The van der Waals surface area contributed by atoms with Gasteiger partial charge in [-0.3, -0.25) is 4.79 Å². The number of hydrogen-bond donors (Lipinski definition) is 0. The van der Waals surface area contributed by atoms with Gasteiger partial charge >= 0.3 is 0 Å². The van der Waals surface area contributed by atoms with Gasteiger partial charge in [-0.15, -0.1) is 0 Å². The fourth-order valence-electron chi connectivity index (χ4n) is 4.01. The van der Waals surface area contributed by atoms with Gasteiger partial charge in [-0.05, 0) is 42.0 Å². The molecule has 1 amide bonds. The Bertz CT molecular complexity index is 1310. The number of nitrogens with zero attached hydrogens (tertiary/aromatic N) is 2. The number of fused-ring (bicyclic) bond motifs is 1. The summed E-state index contributed by atoms with van der Waals surface area (Å²) in [7, 11) is -3.96. The van der Waals surface area contributed by atoms with Crippen LogP contribution in [0.1, 0.15) is 5.56 Å². The van der Waals surface area contributed by atoms with Gasteiger partial charge in [-0.25, -0.2) is 8.42 Å². The maximum atomic E-state index is 13.3. The Hall–Kier alpha value is -3.62. The summed E-state index contributed by atoms with van der Waals surface area (Å²) in [6.45, 7) is 1.96. The third kappa shape index (κ3) is 4.30. The van der Waals surface area contributed by atoms with E-state index in [0.717, 1.165) is 11.3 Å². The number of amides is 1. The summed E-state index contributed by atoms with van der Waals surface area (Å²) >= 11 is 0. The van der Waals surface area contributed by atoms with Crippen molar-refractivity contribution in [3.05, 3.63) is 95.5 Å². The molecule has 2 heterocycles. The van der Waals surface area contributed by atoms with E-state index in [1.165, 1.54) is 17.2 Å². The number of morpholine rings is 1. The standard InChI is InChI=1S/C26H24N2O5S/c29-26(27-14-16-32-17-15-27)25-18-28(23-8-4-5-9-24(23)34(25,30)31)21-10-12-22(13-11-21)33-19-20-6-2-1-3-7-20/h1-13,18H,14-17,19H2. The Morgan fingerprint density at radius 1 is 0.882 bits per heavy atom. The smallest absolute Gasteiger partial charge is 0.267 e. The number of carbonyl (C=O) groups excluding carboxylic acids is 1. The Morgan fingerprint density at radius 3 is 2.29 bits per heavy atom. The third-order valence-corrected chi connectivity index (χ3v) is 7.61. The van der Waals surface area contributed by atoms with Gasteiger partial charge in [0.15, 0.2) is 4.91 Å². The molecule has 5 rings (SSSR count). The number of rotatable bonds is 5. The summed E-state index contributed by atoms with van der Waals surface area (Å²) < 4.78 is 37.9. The minimum Gasteiger partial charge on any atom is -0.489 e. The van der Waals surface area contributed by atoms with E-state index in [9.17, 15) is 13.2 Å². The summed E-state index contributed by atoms with van der Waals surface area (Å²) in [5.74, 6) is 0.185. The van der Waals surface area contributed by atoms with Crippen LogP contribution in [0.15, 0.2) is 94.9 Å². The van der Waals surface area contributed by atoms with Crippen molar-refractivity contribution in [3.8, 4) is 5.75 Å². The van der Waals surface area contributed by atoms with Crippen LogP contribution in [0.2, 0.25) is 0 Å². The molecule has 174 valence electrons. The van der Waals surface area contributed by atoms with Gasteiger partial charge in [0, 0.05) is 25.0 Å². The molecule has 34 heavy (non-hydrogen) atoms. The van der Waals surface area contributed by atoms with Crippen LogP contribution in [0.25, 0.3) is 0 Å². The van der Waals surface area contributed by atoms with Crippen molar-refractivity contribution in [2.45, 2.75) is 11.5 Å². The van der Waals surface area contributed by atoms with E-state index in [-0.39, 0.29) is 9.80 Å². The van der Waals surface area contributed by atoms with E-state index < -0.39 is 15.7 Å². The van der Waals surface area contributed by atoms with Crippen molar-refractivity contribution in [1.29, 1.82) is 0 Å². The number of ether oxygens (including phenoxy) is 2. The molecule has 2 aliphatic heterocycles. The lowest BCUT2D eigenvalue weighted by atomic mass is 10.2. The van der Waals surface area contributed by atoms with Crippen molar-refractivity contribution in [1.82, 2.24) is 4.90 Å². The zero-order valence-electron chi connectivity index (χ0n) is 18.5. The highest BCUT2D eigenvalue weighted by molar-refractivity contribution is 7.96. The second-order valence-corrected chi connectivity index (χ2v) is 9.89. The molecule has 0 radical (unpaired) electrons. The van der Waals surface area contributed by atoms with Gasteiger partial charge in [0.2, 0.25) is 9.84 Å². The first-order chi connectivity index (χ1) is 16.5. The van der Waals surface area contributed by atoms with Crippen LogP contribution >= 0.6 is 0 Å². The molecule has 0 aromatic heterocycles. The summed E-state index contributed by atoms with van der Waals surface area (Å²) in [4.78, 5) is 16.3. The minimum atomic E-state index is -3.96. The SMILES string of the molecule is O=C(C1=CN(c2ccc(OCc3ccccc3)cc2)c2ccccc2S1(=O)=O)N1CCOCC1. The molecule has 0 N–H and O–H groups in total. The van der Waals surface area contributed by atoms with E-state index in [1.807, 2.05) is 54.6 Å². The molecule has 1 fully saturated rings. The largest absolute Gasteiger partial charge is 0.489 e. The van der Waals surface area contributed by atoms with E-state index in [4.69, 9.17) is 9.47 Å². The van der Waals surface area contributed by atoms with Crippen LogP contribution in [-0.4, -0.2) is 45.5 Å². The highest BCUT2D eigenvalue weighted by Gasteiger charge is 2.37. The lowest BCUT2D eigenvalue weighted by Crippen LogP contribution is -2.43. The summed E-state index contributed by atoms with van der Waals surface area (Å²) in [6.07, 6.45) is 1.43. The van der Waals surface area contributed by atoms with E-state index in [1.54, 1.807) is 23.1 Å². The van der Waals surface area contributed by atoms with Crippen LogP contribution in [0.5, 0.6) is 5.75 Å². The number of sulfone groups is 1. The molecule has 8 heteroatoms. The van der Waals surface area contributed by atoms with Crippen LogP contribution in [0.4, 0.5) is 11.4 Å². The van der Waals surface area contributed by atoms with Gasteiger partial charge in [0.25, 0.3) is 5.91 Å². The summed E-state index contributed by atoms with van der Waals surface area (Å²) in [6, 6.07) is 24.0. The van der Waals surface area contributed by atoms with Crippen molar-refractivity contribution in [2.75, 3.05) is 31.2 Å². The van der Waals surface area contributed by atoms with E-state index >= 15 is 0 Å². The average Bonchev–Trinajstić information content (AvgIpc) is 2.89. The van der Waals surface area contributed by atoms with Crippen molar-refractivity contribution < 1.29 is 22.7 Å². The number of hydrogen-bond acceptors (Lipinski definition) is 6. The molecule has 0 bridgehead atoms. The fraction of sp³-hybridized carbons (Fsp3) is 0.192. The first-order valence-corrected chi connectivity index (χ1v) is 12.5. The quantitative estimate of drug-likeness (QED) is 0.556.